The van der Waals surface area contributed by atoms with Gasteiger partial charge < -0.3 is 15.2 Å². The smallest absolute Gasteiger partial charge is 0.548 e. The van der Waals surface area contributed by atoms with Crippen LogP contribution in [0.1, 0.15) is 31.2 Å². The second-order valence-electron chi connectivity index (χ2n) is 6.16. The van der Waals surface area contributed by atoms with E-state index in [1.807, 2.05) is 47.4 Å². The summed E-state index contributed by atoms with van der Waals surface area (Å²) in [5.41, 5.74) is 1.08. The van der Waals surface area contributed by atoms with Crippen LogP contribution in [0.4, 0.5) is 0 Å². The van der Waals surface area contributed by atoms with Gasteiger partial charge in [-0.3, -0.25) is 9.69 Å². The molecule has 0 radical (unpaired) electrons. The first-order valence-corrected chi connectivity index (χ1v) is 8.14. The van der Waals surface area contributed by atoms with Crippen molar-refractivity contribution in [2.45, 2.75) is 43.8 Å². The van der Waals surface area contributed by atoms with Crippen LogP contribution in [0.5, 0.6) is 0 Å². The number of rotatable bonds is 6. The Kier molecular flexibility index (Phi) is 7.04. The molecule has 122 valence electrons. The van der Waals surface area contributed by atoms with Crippen molar-refractivity contribution in [3.63, 3.8) is 0 Å². The SMILES string of the molecule is O=C([O-])C1CCC(C(=O)NC/C=C/c2ccccc2)N1C1CC1.[Na+]. The van der Waals surface area contributed by atoms with E-state index < -0.39 is 12.0 Å². The van der Waals surface area contributed by atoms with Crippen molar-refractivity contribution in [2.75, 3.05) is 6.54 Å². The molecular formula is C18H21N2NaO3. The molecule has 1 aliphatic carbocycles. The van der Waals surface area contributed by atoms with Gasteiger partial charge in [-0.05, 0) is 31.2 Å². The molecule has 1 aromatic carbocycles. The summed E-state index contributed by atoms with van der Waals surface area (Å²) >= 11 is 0. The average Bonchev–Trinajstić information content (AvgIpc) is 3.30. The predicted octanol–water partition coefficient (Wildman–Crippen LogP) is -2.43. The second-order valence-corrected chi connectivity index (χ2v) is 6.16. The van der Waals surface area contributed by atoms with Crippen molar-refractivity contribution in [1.29, 1.82) is 0 Å². The molecule has 2 fully saturated rings. The summed E-state index contributed by atoms with van der Waals surface area (Å²) in [6.45, 7) is 0.443. The number of benzene rings is 1. The summed E-state index contributed by atoms with van der Waals surface area (Å²) in [5.74, 6) is -1.14. The van der Waals surface area contributed by atoms with Crippen LogP contribution in [0, 0.1) is 0 Å². The maximum absolute atomic E-state index is 12.4. The van der Waals surface area contributed by atoms with Gasteiger partial charge in [-0.2, -0.15) is 0 Å². The Morgan fingerprint density at radius 1 is 1.12 bits per heavy atom. The minimum Gasteiger partial charge on any atom is -0.548 e. The number of nitrogens with one attached hydrogen (secondary N) is 1. The number of hydrogen-bond donors (Lipinski definition) is 1. The molecule has 1 heterocycles. The first-order valence-electron chi connectivity index (χ1n) is 8.14. The van der Waals surface area contributed by atoms with Crippen LogP contribution in [0.3, 0.4) is 0 Å². The van der Waals surface area contributed by atoms with Gasteiger partial charge in [0.25, 0.3) is 0 Å². The summed E-state index contributed by atoms with van der Waals surface area (Å²) in [6.07, 6.45) is 6.89. The van der Waals surface area contributed by atoms with Crippen LogP contribution in [0.25, 0.3) is 6.08 Å². The molecular weight excluding hydrogens is 315 g/mol. The Labute approximate surface area is 164 Å². The normalized spacial score (nSPS) is 23.8. The molecule has 1 saturated carbocycles. The fraction of sp³-hybridized carbons (Fsp3) is 0.444. The summed E-state index contributed by atoms with van der Waals surface area (Å²) in [6, 6.07) is 9.15. The van der Waals surface area contributed by atoms with Crippen LogP contribution in [0.15, 0.2) is 36.4 Å². The number of likely N-dealkylation sites (tertiary alicyclic amines) is 1. The van der Waals surface area contributed by atoms with Crippen LogP contribution >= 0.6 is 0 Å². The van der Waals surface area contributed by atoms with E-state index >= 15 is 0 Å². The van der Waals surface area contributed by atoms with Gasteiger partial charge in [0.1, 0.15) is 0 Å². The number of carboxylic acids is 1. The summed E-state index contributed by atoms with van der Waals surface area (Å²) in [5, 5.41) is 14.1. The quantitative estimate of drug-likeness (QED) is 0.586. The van der Waals surface area contributed by atoms with Gasteiger partial charge in [-0.1, -0.05) is 42.5 Å². The summed E-state index contributed by atoms with van der Waals surface area (Å²) < 4.78 is 0. The molecule has 3 rings (SSSR count). The van der Waals surface area contributed by atoms with Crippen molar-refractivity contribution >= 4 is 18.0 Å². The zero-order chi connectivity index (χ0) is 16.2. The van der Waals surface area contributed by atoms with Gasteiger partial charge in [0.15, 0.2) is 0 Å². The zero-order valence-corrected chi connectivity index (χ0v) is 16.0. The topological polar surface area (TPSA) is 72.5 Å². The average molecular weight is 336 g/mol. The van der Waals surface area contributed by atoms with E-state index in [9.17, 15) is 14.7 Å². The molecule has 1 saturated heterocycles. The zero-order valence-electron chi connectivity index (χ0n) is 14.0. The van der Waals surface area contributed by atoms with Crippen molar-refractivity contribution in [2.24, 2.45) is 0 Å². The molecule has 2 unspecified atom stereocenters. The van der Waals surface area contributed by atoms with Crippen molar-refractivity contribution in [3.05, 3.63) is 42.0 Å². The second kappa shape index (κ2) is 8.81. The van der Waals surface area contributed by atoms with Crippen LogP contribution in [0.2, 0.25) is 0 Å². The first kappa shape index (κ1) is 19.2. The van der Waals surface area contributed by atoms with Gasteiger partial charge in [0, 0.05) is 12.6 Å². The maximum Gasteiger partial charge on any atom is 1.00 e. The van der Waals surface area contributed by atoms with E-state index in [-0.39, 0.29) is 47.5 Å². The fourth-order valence-corrected chi connectivity index (χ4v) is 3.26. The van der Waals surface area contributed by atoms with Gasteiger partial charge in [-0.25, -0.2) is 0 Å². The van der Waals surface area contributed by atoms with E-state index in [4.69, 9.17) is 0 Å². The number of amides is 1. The summed E-state index contributed by atoms with van der Waals surface area (Å²) in [7, 11) is 0. The molecule has 1 aliphatic heterocycles. The van der Waals surface area contributed by atoms with Crippen molar-refractivity contribution in [3.8, 4) is 0 Å². The van der Waals surface area contributed by atoms with E-state index in [0.717, 1.165) is 18.4 Å². The molecule has 6 heteroatoms. The monoisotopic (exact) mass is 336 g/mol. The van der Waals surface area contributed by atoms with Crippen LogP contribution in [-0.2, 0) is 9.59 Å². The summed E-state index contributed by atoms with van der Waals surface area (Å²) in [4.78, 5) is 25.5. The van der Waals surface area contributed by atoms with Gasteiger partial charge in [0.05, 0.1) is 18.1 Å². The van der Waals surface area contributed by atoms with E-state index in [0.29, 0.717) is 19.4 Å². The third-order valence-electron chi connectivity index (χ3n) is 4.48. The number of carbonyl (C=O) groups excluding carboxylic acids is 2. The Bertz CT molecular complexity index is 602. The molecule has 1 N–H and O–H groups in total. The molecule has 1 aromatic rings. The van der Waals surface area contributed by atoms with Crippen LogP contribution < -0.4 is 40.0 Å². The molecule has 2 aliphatic rings. The molecule has 1 amide bonds. The van der Waals surface area contributed by atoms with Gasteiger partial charge in [0.2, 0.25) is 5.91 Å². The molecule has 0 bridgehead atoms. The molecule has 5 nitrogen and oxygen atoms in total. The molecule has 24 heavy (non-hydrogen) atoms. The Morgan fingerprint density at radius 2 is 1.79 bits per heavy atom. The van der Waals surface area contributed by atoms with Crippen molar-refractivity contribution in [1.82, 2.24) is 10.2 Å². The Hall–Kier alpha value is -1.14. The Balaban J connectivity index is 0.00000208. The van der Waals surface area contributed by atoms with Gasteiger partial charge >= 0.3 is 29.6 Å². The third-order valence-corrected chi connectivity index (χ3v) is 4.48. The van der Waals surface area contributed by atoms with Gasteiger partial charge in [-0.15, -0.1) is 0 Å². The fourth-order valence-electron chi connectivity index (χ4n) is 3.26. The third kappa shape index (κ3) is 4.70. The molecule has 0 spiro atoms. The number of aliphatic carboxylic acids is 1. The minimum absolute atomic E-state index is 0. The number of nitrogens with zero attached hydrogens (tertiary/aromatic N) is 1. The molecule has 0 aromatic heterocycles. The number of carboxylic acid groups (broad SMARTS) is 1. The minimum atomic E-state index is -1.06. The number of carbonyl (C=O) groups is 2. The predicted molar refractivity (Wildman–Crippen MR) is 85.2 cm³/mol. The Morgan fingerprint density at radius 3 is 2.42 bits per heavy atom. The standard InChI is InChI=1S/C18H22N2O3.Na/c21-17(19-12-4-7-13-5-2-1-3-6-13)15-10-11-16(18(22)23)20(15)14-8-9-14;/h1-7,14-16H,8-12H2,(H,19,21)(H,22,23);/q;+1/p-1/b7-4+;. The van der Waals surface area contributed by atoms with Crippen LogP contribution in [-0.4, -0.2) is 41.4 Å². The van der Waals surface area contributed by atoms with Crippen molar-refractivity contribution < 1.29 is 44.3 Å². The first-order chi connectivity index (χ1) is 11.2. The number of hydrogen-bond acceptors (Lipinski definition) is 4. The van der Waals surface area contributed by atoms with E-state index in [1.54, 1.807) is 0 Å². The largest absolute Gasteiger partial charge is 1.00 e. The maximum atomic E-state index is 12.4. The van der Waals surface area contributed by atoms with E-state index in [1.165, 1.54) is 0 Å². The molecule has 2 atom stereocenters. The van der Waals surface area contributed by atoms with E-state index in [2.05, 4.69) is 5.32 Å².